The van der Waals surface area contributed by atoms with Crippen molar-refractivity contribution in [1.29, 1.82) is 0 Å². The van der Waals surface area contributed by atoms with Crippen LogP contribution < -0.4 is 16.0 Å². The Hall–Kier alpha value is -5.05. The Balaban J connectivity index is 1.43. The van der Waals surface area contributed by atoms with E-state index in [9.17, 15) is 55.7 Å². The van der Waals surface area contributed by atoms with Gasteiger partial charge in [-0.15, -0.1) is 5.11 Å². The second kappa shape index (κ2) is 17.3. The molecule has 5 rings (SSSR count). The zero-order chi connectivity index (χ0) is 43.6. The van der Waals surface area contributed by atoms with E-state index in [0.29, 0.717) is 23.5 Å². The van der Waals surface area contributed by atoms with E-state index in [0.717, 1.165) is 12.1 Å². The van der Waals surface area contributed by atoms with E-state index in [2.05, 4.69) is 45.3 Å². The number of anilines is 5. The third-order valence-corrected chi connectivity index (χ3v) is 12.3. The second-order valence-corrected chi connectivity index (χ2v) is 19.3. The Bertz CT molecular complexity index is 3050. The molecule has 0 amide bonds. The van der Waals surface area contributed by atoms with Crippen LogP contribution >= 0.6 is 11.6 Å². The van der Waals surface area contributed by atoms with E-state index >= 15 is 0 Å². The summed E-state index contributed by atoms with van der Waals surface area (Å²) in [6.45, 7) is -0.884. The van der Waals surface area contributed by atoms with Crippen LogP contribution in [0.25, 0.3) is 10.8 Å². The summed E-state index contributed by atoms with van der Waals surface area (Å²) in [6, 6.07) is 12.1. The summed E-state index contributed by atoms with van der Waals surface area (Å²) in [5, 5.41) is 15.1. The maximum atomic E-state index is 12.5. The molecule has 0 unspecified atom stereocenters. The van der Waals surface area contributed by atoms with Crippen molar-refractivity contribution in [3.8, 4) is 0 Å². The van der Waals surface area contributed by atoms with Crippen LogP contribution in [0, 0.1) is 0 Å². The van der Waals surface area contributed by atoms with Crippen LogP contribution in [0.3, 0.4) is 0 Å². The van der Waals surface area contributed by atoms with Gasteiger partial charge in [-0.2, -0.15) is 53.7 Å². The molecule has 0 saturated carbocycles. The first-order chi connectivity index (χ1) is 27.3. The monoisotopic (exact) mass is 938 g/mol. The lowest BCUT2D eigenvalue weighted by atomic mass is 10.1. The van der Waals surface area contributed by atoms with Crippen molar-refractivity contribution in [3.63, 3.8) is 0 Å². The largest absolute Gasteiger partial charge is 0.397 e. The van der Waals surface area contributed by atoms with Gasteiger partial charge in [-0.05, 0) is 78.3 Å². The predicted octanol–water partition coefficient (Wildman–Crippen LogP) is 3.93. The van der Waals surface area contributed by atoms with Crippen LogP contribution in [-0.2, 0) is 59.5 Å². The van der Waals surface area contributed by atoms with Crippen molar-refractivity contribution in [2.24, 2.45) is 10.2 Å². The fourth-order valence-electron chi connectivity index (χ4n) is 4.93. The third-order valence-electron chi connectivity index (χ3n) is 7.40. The molecule has 0 aliphatic rings. The average molecular weight is 939 g/mol. The molecule has 1 heterocycles. The molecular formula is C29H27ClN8O16S5. The summed E-state index contributed by atoms with van der Waals surface area (Å²) in [6.07, 6.45) is 0. The van der Waals surface area contributed by atoms with Crippen molar-refractivity contribution >= 4 is 113 Å². The third kappa shape index (κ3) is 12.0. The fraction of sp³-hybridized carbons (Fsp3) is 0.138. The lowest BCUT2D eigenvalue weighted by molar-refractivity contribution is 0.221. The van der Waals surface area contributed by atoms with Gasteiger partial charge in [0.1, 0.15) is 22.2 Å². The molecule has 316 valence electrons. The number of benzene rings is 4. The minimum atomic E-state index is -5.27. The van der Waals surface area contributed by atoms with Crippen LogP contribution in [0.1, 0.15) is 0 Å². The molecule has 0 fully saturated rings. The zero-order valence-corrected chi connectivity index (χ0v) is 34.2. The fourth-order valence-corrected chi connectivity index (χ4v) is 8.62. The number of nitrogens with one attached hydrogen (secondary N) is 3. The highest BCUT2D eigenvalue weighted by molar-refractivity contribution is 7.91. The molecule has 7 N–H and O–H groups in total. The molecule has 0 aliphatic carbocycles. The molecule has 4 aromatic carbocycles. The Morgan fingerprint density at radius 2 is 1.24 bits per heavy atom. The first-order valence-electron chi connectivity index (χ1n) is 15.6. The lowest BCUT2D eigenvalue weighted by Gasteiger charge is -2.13. The summed E-state index contributed by atoms with van der Waals surface area (Å²) in [5.41, 5.74) is 0.529. The number of sulfone groups is 1. The minimum absolute atomic E-state index is 0.0743. The van der Waals surface area contributed by atoms with Gasteiger partial charge in [-0.25, -0.2) is 12.6 Å². The Morgan fingerprint density at radius 3 is 1.81 bits per heavy atom. The number of rotatable bonds is 17. The molecule has 0 radical (unpaired) electrons. The van der Waals surface area contributed by atoms with E-state index in [4.69, 9.17) is 20.9 Å². The summed E-state index contributed by atoms with van der Waals surface area (Å²) < 4.78 is 166. The molecule has 30 heteroatoms. The first kappa shape index (κ1) is 45.0. The number of halogens is 1. The number of nitrogens with zero attached hydrogens (tertiary/aromatic N) is 5. The summed E-state index contributed by atoms with van der Waals surface area (Å²) >= 11 is 6.12. The Morgan fingerprint density at radius 1 is 0.661 bits per heavy atom. The van der Waals surface area contributed by atoms with Crippen LogP contribution in [-0.4, -0.2) is 101 Å². The van der Waals surface area contributed by atoms with E-state index in [1.54, 1.807) is 0 Å². The molecular weight excluding hydrogens is 912 g/mol. The maximum Gasteiger partial charge on any atom is 0.397 e. The van der Waals surface area contributed by atoms with Gasteiger partial charge >= 0.3 is 10.4 Å². The van der Waals surface area contributed by atoms with E-state index < -0.39 is 94.1 Å². The Labute approximate surface area is 339 Å². The van der Waals surface area contributed by atoms with Crippen molar-refractivity contribution in [2.75, 3.05) is 42.2 Å². The van der Waals surface area contributed by atoms with Gasteiger partial charge in [0, 0.05) is 29.3 Å². The van der Waals surface area contributed by atoms with Crippen molar-refractivity contribution in [1.82, 2.24) is 15.0 Å². The smallest absolute Gasteiger partial charge is 0.365 e. The first-order valence-corrected chi connectivity index (χ1v) is 23.3. The highest BCUT2D eigenvalue weighted by Crippen LogP contribution is 2.37. The highest BCUT2D eigenvalue weighted by atomic mass is 35.5. The molecule has 5 aromatic rings. The quantitative estimate of drug-likeness (QED) is 0.0394. The van der Waals surface area contributed by atoms with Crippen LogP contribution in [0.5, 0.6) is 0 Å². The topological polar surface area (TPSA) is 370 Å². The molecule has 0 bridgehead atoms. The normalized spacial score (nSPS) is 12.8. The summed E-state index contributed by atoms with van der Waals surface area (Å²) in [4.78, 5) is 8.81. The standard InChI is InChI=1S/C29H27ClN8O16S5/c1-53-15-31-24-11-17(33-29-35-27(30)34-28(36-29)32-16-2-5-19(6-3-16)55(39,40)9-8-54-59(50,51)52)4-7-23(24)38-37-18-10-21-22(25(12-18)57(44,45)46)13-20(56(41,42)43)14-26(21)58(47,48)49/h2-7,10-14,31H,8-9,15H2,1H3,(H,41,42,43)(H,44,45,46)(H,47,48,49)(H,50,51,52)(H2,32,33,34,35,36). The van der Waals surface area contributed by atoms with Gasteiger partial charge in [0.15, 0.2) is 9.84 Å². The van der Waals surface area contributed by atoms with E-state index in [1.807, 2.05) is 0 Å². The van der Waals surface area contributed by atoms with Gasteiger partial charge < -0.3 is 20.7 Å². The molecule has 0 aliphatic heterocycles. The number of ether oxygens (including phenoxy) is 1. The van der Waals surface area contributed by atoms with Gasteiger partial charge in [-0.1, -0.05) is 0 Å². The van der Waals surface area contributed by atoms with Crippen molar-refractivity contribution < 1.29 is 69.2 Å². The number of fused-ring (bicyclic) bond motifs is 1. The number of hydrogen-bond acceptors (Lipinski definition) is 20. The van der Waals surface area contributed by atoms with Gasteiger partial charge in [0.25, 0.3) is 30.4 Å². The van der Waals surface area contributed by atoms with Gasteiger partial charge in [-0.3, -0.25) is 18.2 Å². The molecule has 0 atom stereocenters. The van der Waals surface area contributed by atoms with Crippen LogP contribution in [0.15, 0.2) is 96.5 Å². The molecule has 24 nitrogen and oxygen atoms in total. The minimum Gasteiger partial charge on any atom is -0.365 e. The Kier molecular flexibility index (Phi) is 13.2. The summed E-state index contributed by atoms with van der Waals surface area (Å²) in [5.74, 6) is -0.908. The van der Waals surface area contributed by atoms with Gasteiger partial charge in [0.2, 0.25) is 17.2 Å². The number of azo groups is 1. The van der Waals surface area contributed by atoms with E-state index in [1.165, 1.54) is 49.6 Å². The maximum absolute atomic E-state index is 12.5. The molecule has 0 saturated heterocycles. The second-order valence-electron chi connectivity index (χ2n) is 11.5. The molecule has 1 aromatic heterocycles. The van der Waals surface area contributed by atoms with Crippen molar-refractivity contribution in [2.45, 2.75) is 19.6 Å². The summed E-state index contributed by atoms with van der Waals surface area (Å²) in [7, 11) is -23.1. The van der Waals surface area contributed by atoms with Crippen LogP contribution in [0.4, 0.5) is 40.3 Å². The molecule has 0 spiro atoms. The van der Waals surface area contributed by atoms with Crippen molar-refractivity contribution in [3.05, 3.63) is 72.0 Å². The predicted molar refractivity (Wildman–Crippen MR) is 207 cm³/mol. The number of aromatic nitrogens is 3. The zero-order valence-electron chi connectivity index (χ0n) is 29.3. The number of methoxy groups -OCH3 is 1. The SMILES string of the molecule is COCNc1cc(Nc2nc(Cl)nc(Nc3ccc(S(=O)(=O)CCOS(=O)(=O)O)cc3)n2)ccc1N=Nc1cc(S(=O)(=O)O)c2cc(S(=O)(=O)O)cc(S(=O)(=O)O)c2c1. The number of hydrogen-bond donors (Lipinski definition) is 7. The lowest BCUT2D eigenvalue weighted by Crippen LogP contribution is -2.15. The van der Waals surface area contributed by atoms with Crippen LogP contribution in [0.2, 0.25) is 5.28 Å². The van der Waals surface area contributed by atoms with E-state index in [-0.39, 0.29) is 40.2 Å². The average Bonchev–Trinajstić information content (AvgIpc) is 3.11. The molecule has 59 heavy (non-hydrogen) atoms. The van der Waals surface area contributed by atoms with Gasteiger partial charge in [0.05, 0.1) is 33.5 Å². The highest BCUT2D eigenvalue weighted by Gasteiger charge is 2.26.